The first-order valence-corrected chi connectivity index (χ1v) is 10.6. The molecule has 156 valence electrons. The van der Waals surface area contributed by atoms with Crippen molar-refractivity contribution < 1.29 is 27.5 Å². The van der Waals surface area contributed by atoms with Gasteiger partial charge >= 0.3 is 11.9 Å². The van der Waals surface area contributed by atoms with Gasteiger partial charge in [0.1, 0.15) is 5.60 Å². The molecule has 0 amide bonds. The van der Waals surface area contributed by atoms with E-state index in [2.05, 4.69) is 0 Å². The Morgan fingerprint density at radius 2 is 1.66 bits per heavy atom. The molecule has 2 rings (SSSR count). The fourth-order valence-electron chi connectivity index (χ4n) is 2.58. The van der Waals surface area contributed by atoms with E-state index in [1.165, 1.54) is 28.6 Å². The molecule has 0 aliphatic heterocycles. The molecular formula is C21H25NO6S. The van der Waals surface area contributed by atoms with Crippen LogP contribution in [0.25, 0.3) is 0 Å². The van der Waals surface area contributed by atoms with Crippen LogP contribution in [0.5, 0.6) is 0 Å². The highest BCUT2D eigenvalue weighted by molar-refractivity contribution is 7.92. The second kappa shape index (κ2) is 9.09. The summed E-state index contributed by atoms with van der Waals surface area (Å²) in [6.07, 6.45) is 0. The number of hydrogen-bond donors (Lipinski definition) is 0. The van der Waals surface area contributed by atoms with Gasteiger partial charge in [0.25, 0.3) is 10.0 Å². The molecule has 0 radical (unpaired) electrons. The summed E-state index contributed by atoms with van der Waals surface area (Å²) in [7, 11) is -3.88. The number of para-hydroxylation sites is 1. The second-order valence-corrected chi connectivity index (χ2v) is 9.06. The van der Waals surface area contributed by atoms with Gasteiger partial charge in [0, 0.05) is 6.54 Å². The molecule has 2 aromatic rings. The first-order valence-electron chi connectivity index (χ1n) is 9.11. The Labute approximate surface area is 171 Å². The first-order chi connectivity index (χ1) is 13.5. The van der Waals surface area contributed by atoms with Gasteiger partial charge in [-0.15, -0.1) is 0 Å². The van der Waals surface area contributed by atoms with Crippen molar-refractivity contribution in [1.82, 2.24) is 0 Å². The monoisotopic (exact) mass is 419 g/mol. The van der Waals surface area contributed by atoms with Crippen molar-refractivity contribution in [2.24, 2.45) is 0 Å². The molecule has 0 aliphatic rings. The van der Waals surface area contributed by atoms with Crippen molar-refractivity contribution in [3.63, 3.8) is 0 Å². The summed E-state index contributed by atoms with van der Waals surface area (Å²) in [4.78, 5) is 23.9. The summed E-state index contributed by atoms with van der Waals surface area (Å²) in [5.41, 5.74) is -0.148. The van der Waals surface area contributed by atoms with E-state index in [-0.39, 0.29) is 17.0 Å². The van der Waals surface area contributed by atoms with E-state index in [1.807, 2.05) is 0 Å². The van der Waals surface area contributed by atoms with Crippen molar-refractivity contribution in [1.29, 1.82) is 0 Å². The van der Waals surface area contributed by atoms with E-state index in [9.17, 15) is 18.0 Å². The maximum Gasteiger partial charge on any atom is 0.344 e. The van der Waals surface area contributed by atoms with Crippen LogP contribution >= 0.6 is 0 Å². The fourth-order valence-corrected chi connectivity index (χ4v) is 4.10. The number of rotatable bonds is 7. The van der Waals surface area contributed by atoms with E-state index in [4.69, 9.17) is 9.47 Å². The lowest BCUT2D eigenvalue weighted by Crippen LogP contribution is -2.31. The highest BCUT2D eigenvalue weighted by Crippen LogP contribution is 2.24. The Morgan fingerprint density at radius 1 is 1.00 bits per heavy atom. The number of benzene rings is 2. The summed E-state index contributed by atoms with van der Waals surface area (Å²) >= 11 is 0. The topological polar surface area (TPSA) is 90.0 Å². The van der Waals surface area contributed by atoms with Crippen molar-refractivity contribution in [3.8, 4) is 0 Å². The third-order valence-corrected chi connectivity index (χ3v) is 5.63. The lowest BCUT2D eigenvalue weighted by Gasteiger charge is -2.23. The van der Waals surface area contributed by atoms with Gasteiger partial charge < -0.3 is 9.47 Å². The molecule has 0 heterocycles. The normalized spacial score (nSPS) is 11.6. The van der Waals surface area contributed by atoms with Crippen LogP contribution in [0.3, 0.4) is 0 Å². The Hall–Kier alpha value is -2.87. The third-order valence-electron chi connectivity index (χ3n) is 3.73. The number of hydrogen-bond acceptors (Lipinski definition) is 6. The van der Waals surface area contributed by atoms with Gasteiger partial charge in [-0.25, -0.2) is 18.0 Å². The van der Waals surface area contributed by atoms with Crippen LogP contribution in [0.4, 0.5) is 5.69 Å². The molecule has 2 aromatic carbocycles. The number of anilines is 1. The summed E-state index contributed by atoms with van der Waals surface area (Å²) in [6, 6.07) is 14.2. The predicted molar refractivity (Wildman–Crippen MR) is 109 cm³/mol. The average Bonchev–Trinajstić information content (AvgIpc) is 2.66. The van der Waals surface area contributed by atoms with E-state index >= 15 is 0 Å². The molecule has 0 N–H and O–H groups in total. The number of esters is 2. The predicted octanol–water partition coefficient (Wildman–Crippen LogP) is 3.40. The number of ether oxygens (including phenoxy) is 2. The first kappa shape index (κ1) is 22.4. The molecule has 29 heavy (non-hydrogen) atoms. The second-order valence-electron chi connectivity index (χ2n) is 7.20. The van der Waals surface area contributed by atoms with Crippen molar-refractivity contribution in [3.05, 3.63) is 60.2 Å². The van der Waals surface area contributed by atoms with Crippen LogP contribution in [0.1, 0.15) is 38.1 Å². The maximum atomic E-state index is 13.1. The van der Waals surface area contributed by atoms with Gasteiger partial charge in [0.05, 0.1) is 16.1 Å². The van der Waals surface area contributed by atoms with E-state index in [1.54, 1.807) is 58.0 Å². The van der Waals surface area contributed by atoms with Crippen LogP contribution < -0.4 is 4.31 Å². The van der Waals surface area contributed by atoms with E-state index in [0.717, 1.165) is 0 Å². The Balaban J connectivity index is 2.19. The third kappa shape index (κ3) is 6.05. The lowest BCUT2D eigenvalue weighted by molar-refractivity contribution is -0.158. The van der Waals surface area contributed by atoms with Gasteiger partial charge in [-0.05, 0) is 58.0 Å². The molecule has 0 saturated heterocycles. The summed E-state index contributed by atoms with van der Waals surface area (Å²) in [6.45, 7) is 6.50. The minimum Gasteiger partial charge on any atom is -0.457 e. The zero-order valence-electron chi connectivity index (χ0n) is 16.9. The number of carbonyl (C=O) groups excluding carboxylic acids is 2. The summed E-state index contributed by atoms with van der Waals surface area (Å²) in [5, 5.41) is 0. The van der Waals surface area contributed by atoms with Crippen LogP contribution in [0.15, 0.2) is 59.5 Å². The van der Waals surface area contributed by atoms with Gasteiger partial charge in [0.2, 0.25) is 0 Å². The van der Waals surface area contributed by atoms with Gasteiger partial charge in [0.15, 0.2) is 6.61 Å². The Bertz CT molecular complexity index is 964. The van der Waals surface area contributed by atoms with Crippen LogP contribution in [0, 0.1) is 0 Å². The SMILES string of the molecule is CCN(c1ccccc1)S(=O)(=O)c1cccc(C(=O)OCC(=O)OC(C)(C)C)c1. The lowest BCUT2D eigenvalue weighted by atomic mass is 10.2. The molecular weight excluding hydrogens is 394 g/mol. The van der Waals surface area contributed by atoms with Crippen molar-refractivity contribution in [2.45, 2.75) is 38.2 Å². The molecule has 8 heteroatoms. The fraction of sp³-hybridized carbons (Fsp3) is 0.333. The van der Waals surface area contributed by atoms with Crippen molar-refractivity contribution in [2.75, 3.05) is 17.5 Å². The quantitative estimate of drug-likeness (QED) is 0.639. The standard InChI is InChI=1S/C21H25NO6S/c1-5-22(17-11-7-6-8-12-17)29(25,26)18-13-9-10-16(14-18)20(24)27-15-19(23)28-21(2,3)4/h6-14H,5,15H2,1-4H3. The molecule has 0 saturated carbocycles. The highest BCUT2D eigenvalue weighted by Gasteiger charge is 2.25. The maximum absolute atomic E-state index is 13.1. The molecule has 0 aliphatic carbocycles. The highest BCUT2D eigenvalue weighted by atomic mass is 32.2. The summed E-state index contributed by atoms with van der Waals surface area (Å²) < 4.78 is 37.4. The average molecular weight is 419 g/mol. The minimum atomic E-state index is -3.88. The molecule has 0 bridgehead atoms. The number of sulfonamides is 1. The van der Waals surface area contributed by atoms with Gasteiger partial charge in [-0.3, -0.25) is 4.31 Å². The van der Waals surface area contributed by atoms with Crippen LogP contribution in [-0.2, 0) is 24.3 Å². The zero-order valence-corrected chi connectivity index (χ0v) is 17.7. The molecule has 0 unspecified atom stereocenters. The summed E-state index contributed by atoms with van der Waals surface area (Å²) in [5.74, 6) is -1.49. The van der Waals surface area contributed by atoms with Crippen LogP contribution in [-0.4, -0.2) is 39.1 Å². The Morgan fingerprint density at radius 3 is 2.24 bits per heavy atom. The molecule has 7 nitrogen and oxygen atoms in total. The largest absolute Gasteiger partial charge is 0.457 e. The molecule has 0 atom stereocenters. The van der Waals surface area contributed by atoms with E-state index in [0.29, 0.717) is 5.69 Å². The molecule has 0 aromatic heterocycles. The van der Waals surface area contributed by atoms with Crippen molar-refractivity contribution >= 4 is 27.6 Å². The van der Waals surface area contributed by atoms with E-state index < -0.39 is 34.2 Å². The zero-order chi connectivity index (χ0) is 21.7. The van der Waals surface area contributed by atoms with Gasteiger partial charge in [-0.1, -0.05) is 24.3 Å². The van der Waals surface area contributed by atoms with Crippen LogP contribution in [0.2, 0.25) is 0 Å². The number of carbonyl (C=O) groups is 2. The Kier molecular flexibility index (Phi) is 7.02. The number of nitrogens with zero attached hydrogens (tertiary/aromatic N) is 1. The smallest absolute Gasteiger partial charge is 0.344 e. The van der Waals surface area contributed by atoms with Gasteiger partial charge in [-0.2, -0.15) is 0 Å². The molecule has 0 fully saturated rings. The minimum absolute atomic E-state index is 0.0266. The molecule has 0 spiro atoms.